The van der Waals surface area contributed by atoms with Gasteiger partial charge in [0.15, 0.2) is 11.6 Å². The quantitative estimate of drug-likeness (QED) is 0.406. The summed E-state index contributed by atoms with van der Waals surface area (Å²) in [5.74, 6) is -4.23. The van der Waals surface area contributed by atoms with Gasteiger partial charge >= 0.3 is 0 Å². The minimum atomic E-state index is -1.85. The number of halogens is 2. The molecule has 4 N–H and O–H groups in total. The van der Waals surface area contributed by atoms with E-state index in [9.17, 15) is 23.7 Å². The molecule has 1 aromatic carbocycles. The number of carbonyl (C=O) groups excluding carboxylic acids is 1. The van der Waals surface area contributed by atoms with Crippen molar-refractivity contribution in [3.63, 3.8) is 0 Å². The van der Waals surface area contributed by atoms with Crippen LogP contribution in [-0.4, -0.2) is 51.5 Å². The third-order valence-electron chi connectivity index (χ3n) is 2.77. The average Bonchev–Trinajstić information content (AvgIpc) is 2.46. The van der Waals surface area contributed by atoms with Gasteiger partial charge in [0.05, 0.1) is 30.8 Å². The molecule has 21 heavy (non-hydrogen) atoms. The van der Waals surface area contributed by atoms with E-state index in [0.717, 1.165) is 0 Å². The number of nitro groups is 1. The van der Waals surface area contributed by atoms with Crippen LogP contribution in [0.15, 0.2) is 12.1 Å². The lowest BCUT2D eigenvalue weighted by atomic mass is 10.0. The molecule has 8 nitrogen and oxygen atoms in total. The number of aliphatic hydroxyl groups excluding tert-OH is 3. The molecular formula is C11H12F2N2O6. The molecule has 1 amide bonds. The largest absolute Gasteiger partial charge is 0.394 e. The van der Waals surface area contributed by atoms with Gasteiger partial charge in [-0.1, -0.05) is 0 Å². The first-order valence-corrected chi connectivity index (χ1v) is 5.58. The van der Waals surface area contributed by atoms with E-state index >= 15 is 0 Å². The Bertz CT molecular complexity index is 554. The Kier molecular flexibility index (Phi) is 5.24. The zero-order chi connectivity index (χ0) is 16.2. The number of hydrogen-bond donors (Lipinski definition) is 4. The highest BCUT2D eigenvalue weighted by Gasteiger charge is 2.33. The number of carbonyl (C=O) groups is 1. The summed E-state index contributed by atoms with van der Waals surface area (Å²) < 4.78 is 26.1. The Hall–Kier alpha value is -2.17. The van der Waals surface area contributed by atoms with E-state index < -0.39 is 59.1 Å². The van der Waals surface area contributed by atoms with Crippen LogP contribution in [0.5, 0.6) is 0 Å². The molecule has 0 heterocycles. The first kappa shape index (κ1) is 16.9. The Morgan fingerprint density at radius 1 is 1.19 bits per heavy atom. The highest BCUT2D eigenvalue weighted by molar-refractivity contribution is 5.98. The number of nitrogens with zero attached hydrogens (tertiary/aromatic N) is 1. The average molecular weight is 306 g/mol. The number of nitrogens with one attached hydrogen (secondary N) is 1. The van der Waals surface area contributed by atoms with Crippen molar-refractivity contribution in [1.29, 1.82) is 0 Å². The minimum Gasteiger partial charge on any atom is -0.394 e. The van der Waals surface area contributed by atoms with E-state index in [1.54, 1.807) is 0 Å². The monoisotopic (exact) mass is 306 g/mol. The molecule has 0 aromatic heterocycles. The van der Waals surface area contributed by atoms with Gasteiger partial charge in [0.1, 0.15) is 11.1 Å². The van der Waals surface area contributed by atoms with E-state index in [1.807, 2.05) is 5.32 Å². The number of hydrogen-bond acceptors (Lipinski definition) is 6. The van der Waals surface area contributed by atoms with Crippen LogP contribution < -0.4 is 5.32 Å². The van der Waals surface area contributed by atoms with Crippen LogP contribution in [0.25, 0.3) is 0 Å². The fourth-order valence-electron chi connectivity index (χ4n) is 1.45. The molecular weight excluding hydrogens is 294 g/mol. The van der Waals surface area contributed by atoms with Gasteiger partial charge in [-0.25, -0.2) is 8.78 Å². The summed E-state index contributed by atoms with van der Waals surface area (Å²) in [5, 5.41) is 39.8. The maximum atomic E-state index is 13.1. The molecule has 0 unspecified atom stereocenters. The van der Waals surface area contributed by atoms with Crippen LogP contribution in [0.4, 0.5) is 14.5 Å². The normalized spacial score (nSPS) is 11.3. The zero-order valence-corrected chi connectivity index (χ0v) is 10.5. The highest BCUT2D eigenvalue weighted by Crippen LogP contribution is 2.22. The molecule has 0 bridgehead atoms. The van der Waals surface area contributed by atoms with E-state index in [4.69, 9.17) is 15.3 Å². The molecule has 0 aliphatic rings. The fraction of sp³-hybridized carbons (Fsp3) is 0.364. The highest BCUT2D eigenvalue weighted by atomic mass is 19.2. The molecule has 0 fully saturated rings. The molecule has 116 valence electrons. The first-order chi connectivity index (χ1) is 9.80. The van der Waals surface area contributed by atoms with Crippen molar-refractivity contribution in [1.82, 2.24) is 5.32 Å². The summed E-state index contributed by atoms with van der Waals surface area (Å²) in [6, 6.07) is 0.558. The Morgan fingerprint density at radius 3 is 2.10 bits per heavy atom. The van der Waals surface area contributed by atoms with Crippen molar-refractivity contribution in [3.05, 3.63) is 39.4 Å². The lowest BCUT2D eigenvalue weighted by molar-refractivity contribution is -0.385. The minimum absolute atomic E-state index is 0.239. The second kappa shape index (κ2) is 6.52. The van der Waals surface area contributed by atoms with Crippen molar-refractivity contribution in [2.24, 2.45) is 0 Å². The molecule has 10 heteroatoms. The SMILES string of the molecule is O=C(NC(CO)(CO)CO)c1cc(F)c(F)cc1[N+](=O)[O-]. The van der Waals surface area contributed by atoms with Crippen LogP contribution >= 0.6 is 0 Å². The fourth-order valence-corrected chi connectivity index (χ4v) is 1.45. The lowest BCUT2D eigenvalue weighted by Crippen LogP contribution is -2.57. The standard InChI is InChI=1S/C11H12F2N2O6/c12-7-1-6(9(15(20)21)2-8(7)13)10(19)14-11(3-16,4-17)5-18/h1-2,16-18H,3-5H2,(H,14,19). The molecule has 0 saturated heterocycles. The maximum Gasteiger partial charge on any atom is 0.285 e. The number of benzene rings is 1. The van der Waals surface area contributed by atoms with E-state index in [0.29, 0.717) is 6.07 Å². The van der Waals surface area contributed by atoms with Crippen LogP contribution in [0.2, 0.25) is 0 Å². The van der Waals surface area contributed by atoms with Gasteiger partial charge in [0.25, 0.3) is 11.6 Å². The second-order valence-electron chi connectivity index (χ2n) is 4.25. The molecule has 1 rings (SSSR count). The van der Waals surface area contributed by atoms with Crippen molar-refractivity contribution in [2.45, 2.75) is 5.54 Å². The van der Waals surface area contributed by atoms with Gasteiger partial charge in [-0.3, -0.25) is 14.9 Å². The topological polar surface area (TPSA) is 133 Å². The maximum absolute atomic E-state index is 13.1. The van der Waals surface area contributed by atoms with Gasteiger partial charge < -0.3 is 20.6 Å². The van der Waals surface area contributed by atoms with Crippen molar-refractivity contribution < 1.29 is 33.8 Å². The van der Waals surface area contributed by atoms with Crippen LogP contribution in [0.3, 0.4) is 0 Å². The van der Waals surface area contributed by atoms with Gasteiger partial charge in [-0.2, -0.15) is 0 Å². The smallest absolute Gasteiger partial charge is 0.285 e. The van der Waals surface area contributed by atoms with Gasteiger partial charge in [-0.15, -0.1) is 0 Å². The summed E-state index contributed by atoms with van der Waals surface area (Å²) in [6.07, 6.45) is 0. The summed E-state index contributed by atoms with van der Waals surface area (Å²) in [5.41, 5.74) is -3.65. The number of rotatable bonds is 6. The van der Waals surface area contributed by atoms with E-state index in [-0.39, 0.29) is 6.07 Å². The van der Waals surface area contributed by atoms with Gasteiger partial charge in [0, 0.05) is 0 Å². The van der Waals surface area contributed by atoms with Gasteiger partial charge in [0.2, 0.25) is 0 Å². The Balaban J connectivity index is 3.24. The molecule has 0 saturated carbocycles. The van der Waals surface area contributed by atoms with Crippen LogP contribution in [-0.2, 0) is 0 Å². The summed E-state index contributed by atoms with van der Waals surface area (Å²) in [6.45, 7) is -2.62. The molecule has 0 aliphatic carbocycles. The van der Waals surface area contributed by atoms with Crippen LogP contribution in [0.1, 0.15) is 10.4 Å². The number of nitro benzene ring substituents is 1. The second-order valence-corrected chi connectivity index (χ2v) is 4.25. The molecule has 0 aliphatic heterocycles. The first-order valence-electron chi connectivity index (χ1n) is 5.58. The summed E-state index contributed by atoms with van der Waals surface area (Å²) >= 11 is 0. The van der Waals surface area contributed by atoms with E-state index in [1.165, 1.54) is 0 Å². The predicted molar refractivity (Wildman–Crippen MR) is 64.5 cm³/mol. The molecule has 0 atom stereocenters. The van der Waals surface area contributed by atoms with Crippen molar-refractivity contribution >= 4 is 11.6 Å². The number of amides is 1. The van der Waals surface area contributed by atoms with Crippen molar-refractivity contribution in [2.75, 3.05) is 19.8 Å². The third kappa shape index (κ3) is 3.48. The third-order valence-corrected chi connectivity index (χ3v) is 2.77. The summed E-state index contributed by atoms with van der Waals surface area (Å²) in [7, 11) is 0. The Morgan fingerprint density at radius 2 is 1.67 bits per heavy atom. The number of aliphatic hydroxyl groups is 3. The summed E-state index contributed by atoms with van der Waals surface area (Å²) in [4.78, 5) is 21.6. The Labute approximate surface area is 116 Å². The molecule has 0 spiro atoms. The van der Waals surface area contributed by atoms with Gasteiger partial charge in [-0.05, 0) is 6.07 Å². The lowest BCUT2D eigenvalue weighted by Gasteiger charge is -2.28. The molecule has 1 aromatic rings. The van der Waals surface area contributed by atoms with E-state index in [2.05, 4.69) is 0 Å². The van der Waals surface area contributed by atoms with Crippen molar-refractivity contribution in [3.8, 4) is 0 Å². The molecule has 0 radical (unpaired) electrons. The van der Waals surface area contributed by atoms with Crippen LogP contribution in [0, 0.1) is 21.7 Å². The zero-order valence-electron chi connectivity index (χ0n) is 10.5. The predicted octanol–water partition coefficient (Wildman–Crippen LogP) is -0.682.